The van der Waals surface area contributed by atoms with Crippen molar-refractivity contribution in [2.24, 2.45) is 0 Å². The van der Waals surface area contributed by atoms with Gasteiger partial charge in [-0.15, -0.1) is 0 Å². The van der Waals surface area contributed by atoms with E-state index in [2.05, 4.69) is 9.72 Å². The maximum Gasteiger partial charge on any atom is 0.387 e. The van der Waals surface area contributed by atoms with Gasteiger partial charge in [-0.2, -0.15) is 8.78 Å². The fraction of sp³-hybridized carbons (Fsp3) is 0.0526. The Labute approximate surface area is 160 Å². The summed E-state index contributed by atoms with van der Waals surface area (Å²) in [6.45, 7) is -3.15. The van der Waals surface area contributed by atoms with E-state index in [1.54, 1.807) is 0 Å². The minimum Gasteiger partial charge on any atom is -0.545 e. The van der Waals surface area contributed by atoms with Crippen molar-refractivity contribution in [2.45, 2.75) is 6.61 Å². The van der Waals surface area contributed by atoms with Gasteiger partial charge in [0, 0.05) is 34.8 Å². The summed E-state index contributed by atoms with van der Waals surface area (Å²) in [4.78, 5) is 26.2. The molecule has 0 atom stereocenters. The number of nitrogens with zero attached hydrogens (tertiary/aromatic N) is 2. The molecule has 0 spiro atoms. The smallest absolute Gasteiger partial charge is 0.387 e. The van der Waals surface area contributed by atoms with Crippen LogP contribution in [0, 0.1) is 10.1 Å². The molecule has 4 rings (SSSR count). The van der Waals surface area contributed by atoms with Crippen molar-refractivity contribution in [3.8, 4) is 17.0 Å². The number of furan rings is 1. The zero-order valence-corrected chi connectivity index (χ0v) is 14.3. The van der Waals surface area contributed by atoms with E-state index in [9.17, 15) is 28.8 Å². The summed E-state index contributed by atoms with van der Waals surface area (Å²) in [5.41, 5.74) is 0.244. The molecule has 0 N–H and O–H groups in total. The number of nitro benzene ring substituents is 1. The van der Waals surface area contributed by atoms with Gasteiger partial charge in [-0.25, -0.2) is 0 Å². The lowest BCUT2D eigenvalue weighted by Gasteiger charge is -2.09. The highest BCUT2D eigenvalue weighted by molar-refractivity contribution is 6.19. The molecule has 4 aromatic rings. The Kier molecular flexibility index (Phi) is 4.30. The molecule has 0 fully saturated rings. The van der Waals surface area contributed by atoms with Crippen molar-refractivity contribution < 1.29 is 32.8 Å². The first kappa shape index (κ1) is 18.3. The van der Waals surface area contributed by atoms with Crippen LogP contribution >= 0.6 is 0 Å². The van der Waals surface area contributed by atoms with E-state index in [4.69, 9.17) is 4.42 Å². The van der Waals surface area contributed by atoms with E-state index < -0.39 is 17.5 Å². The van der Waals surface area contributed by atoms with Crippen molar-refractivity contribution in [1.29, 1.82) is 0 Å². The van der Waals surface area contributed by atoms with E-state index >= 15 is 0 Å². The second-order valence-electron chi connectivity index (χ2n) is 5.92. The average Bonchev–Trinajstić information content (AvgIpc) is 3.08. The zero-order chi connectivity index (χ0) is 20.7. The lowest BCUT2D eigenvalue weighted by atomic mass is 10.0. The van der Waals surface area contributed by atoms with Crippen LogP contribution < -0.4 is 9.84 Å². The van der Waals surface area contributed by atoms with Crippen LogP contribution in [0.5, 0.6) is 5.75 Å². The number of rotatable bonds is 5. The molecule has 10 heteroatoms. The number of aromatic carboxylic acids is 1. The van der Waals surface area contributed by atoms with Crippen LogP contribution in [0.1, 0.15) is 10.4 Å². The molecule has 8 nitrogen and oxygen atoms in total. The number of alkyl halides is 2. The Bertz CT molecular complexity index is 1270. The fourth-order valence-corrected chi connectivity index (χ4v) is 3.11. The first-order chi connectivity index (χ1) is 13.9. The number of fused-ring (bicyclic) bond motifs is 3. The van der Waals surface area contributed by atoms with Gasteiger partial charge in [0.1, 0.15) is 5.58 Å². The predicted molar refractivity (Wildman–Crippen MR) is 94.6 cm³/mol. The number of benzene rings is 2. The summed E-state index contributed by atoms with van der Waals surface area (Å²) in [5.74, 6) is -1.88. The average molecular weight is 399 g/mol. The molecule has 0 radical (unpaired) electrons. The molecule has 146 valence electrons. The summed E-state index contributed by atoms with van der Waals surface area (Å²) in [7, 11) is 0. The highest BCUT2D eigenvalue weighted by atomic mass is 19.3. The summed E-state index contributed by atoms with van der Waals surface area (Å²) >= 11 is 0. The number of carbonyl (C=O) groups excluding carboxylic acids is 1. The third kappa shape index (κ3) is 3.10. The molecular weight excluding hydrogens is 390 g/mol. The van der Waals surface area contributed by atoms with Crippen LogP contribution in [0.25, 0.3) is 33.2 Å². The van der Waals surface area contributed by atoms with Gasteiger partial charge in [0.05, 0.1) is 22.0 Å². The molecule has 0 aliphatic heterocycles. The van der Waals surface area contributed by atoms with Crippen LogP contribution in [-0.2, 0) is 0 Å². The largest absolute Gasteiger partial charge is 0.545 e. The van der Waals surface area contributed by atoms with Gasteiger partial charge in [-0.05, 0) is 30.3 Å². The monoisotopic (exact) mass is 399 g/mol. The second-order valence-corrected chi connectivity index (χ2v) is 5.92. The molecular formula is C19H9F2N2O6-. The number of carbonyl (C=O) groups is 1. The molecule has 2 heterocycles. The Hall–Kier alpha value is -4.08. The molecule has 0 saturated heterocycles. The van der Waals surface area contributed by atoms with Crippen LogP contribution in [0.2, 0.25) is 0 Å². The normalized spacial score (nSPS) is 11.3. The topological polar surface area (TPSA) is 119 Å². The Morgan fingerprint density at radius 2 is 1.83 bits per heavy atom. The third-order valence-electron chi connectivity index (χ3n) is 4.28. The first-order valence-electron chi connectivity index (χ1n) is 8.12. The SMILES string of the molecule is O=C([O-])c1ccc(OC(F)F)c2oc3ccnc(-c4ccc([N+](=O)[O-])cc4)c3c12. The summed E-state index contributed by atoms with van der Waals surface area (Å²) in [6, 6.07) is 8.99. The van der Waals surface area contributed by atoms with Crippen molar-refractivity contribution in [2.75, 3.05) is 0 Å². The van der Waals surface area contributed by atoms with Gasteiger partial charge in [-0.3, -0.25) is 15.1 Å². The quantitative estimate of drug-likeness (QED) is 0.372. The Balaban J connectivity index is 2.05. The van der Waals surface area contributed by atoms with Crippen LogP contribution in [0.15, 0.2) is 53.1 Å². The number of halogens is 2. The molecule has 2 aromatic heterocycles. The van der Waals surface area contributed by atoms with Gasteiger partial charge in [-0.1, -0.05) is 0 Å². The molecule has 29 heavy (non-hydrogen) atoms. The van der Waals surface area contributed by atoms with E-state index in [-0.39, 0.29) is 44.6 Å². The van der Waals surface area contributed by atoms with Crippen LogP contribution in [0.4, 0.5) is 14.5 Å². The Morgan fingerprint density at radius 3 is 2.45 bits per heavy atom. The lowest BCUT2D eigenvalue weighted by molar-refractivity contribution is -0.384. The van der Waals surface area contributed by atoms with E-state index in [1.807, 2.05) is 0 Å². The molecule has 0 unspecified atom stereocenters. The summed E-state index contributed by atoms with van der Waals surface area (Å²) in [5, 5.41) is 22.7. The predicted octanol–water partition coefficient (Wildman–Crippen LogP) is 3.52. The lowest BCUT2D eigenvalue weighted by Crippen LogP contribution is -2.22. The van der Waals surface area contributed by atoms with E-state index in [0.717, 1.165) is 12.1 Å². The molecule has 0 amide bonds. The number of carboxylic acid groups (broad SMARTS) is 1. The summed E-state index contributed by atoms with van der Waals surface area (Å²) < 4.78 is 35.5. The van der Waals surface area contributed by atoms with E-state index in [0.29, 0.717) is 5.56 Å². The molecule has 2 aromatic carbocycles. The van der Waals surface area contributed by atoms with Crippen LogP contribution in [0.3, 0.4) is 0 Å². The number of pyridine rings is 1. The second kappa shape index (κ2) is 6.82. The minimum atomic E-state index is -3.15. The highest BCUT2D eigenvalue weighted by Gasteiger charge is 2.22. The van der Waals surface area contributed by atoms with Crippen molar-refractivity contribution in [3.05, 3.63) is 64.3 Å². The van der Waals surface area contributed by atoms with E-state index in [1.165, 1.54) is 36.5 Å². The number of nitro groups is 1. The number of hydrogen-bond acceptors (Lipinski definition) is 7. The number of carboxylic acids is 1. The van der Waals surface area contributed by atoms with Gasteiger partial charge < -0.3 is 19.1 Å². The van der Waals surface area contributed by atoms with Crippen molar-refractivity contribution >= 4 is 33.6 Å². The summed E-state index contributed by atoms with van der Waals surface area (Å²) in [6.07, 6.45) is 1.38. The molecule has 0 saturated carbocycles. The zero-order valence-electron chi connectivity index (χ0n) is 14.3. The standard InChI is InChI=1S/C19H10F2N2O6/c20-19(21)29-13-6-5-11(18(24)25)14-15-12(28-17(13)14)7-8-22-16(15)9-1-3-10(4-2-9)23(26)27/h1-8,19H,(H,24,25)/p-1. The molecule has 0 aliphatic carbocycles. The van der Waals surface area contributed by atoms with Gasteiger partial charge in [0.2, 0.25) is 0 Å². The number of non-ortho nitro benzene ring substituents is 1. The highest BCUT2D eigenvalue weighted by Crippen LogP contribution is 2.41. The first-order valence-corrected chi connectivity index (χ1v) is 8.12. The molecule has 0 bridgehead atoms. The van der Waals surface area contributed by atoms with Gasteiger partial charge in [0.15, 0.2) is 11.3 Å². The van der Waals surface area contributed by atoms with Crippen LogP contribution in [-0.4, -0.2) is 22.5 Å². The van der Waals surface area contributed by atoms with Crippen molar-refractivity contribution in [1.82, 2.24) is 4.98 Å². The maximum atomic E-state index is 12.8. The van der Waals surface area contributed by atoms with Gasteiger partial charge in [0.25, 0.3) is 5.69 Å². The number of hydrogen-bond donors (Lipinski definition) is 0. The Morgan fingerprint density at radius 1 is 1.10 bits per heavy atom. The minimum absolute atomic E-state index is 0.0143. The van der Waals surface area contributed by atoms with Gasteiger partial charge >= 0.3 is 6.61 Å². The maximum absolute atomic E-state index is 12.8. The fourth-order valence-electron chi connectivity index (χ4n) is 3.11. The molecule has 0 aliphatic rings. The number of aromatic nitrogens is 1. The van der Waals surface area contributed by atoms with Crippen molar-refractivity contribution in [3.63, 3.8) is 0 Å². The third-order valence-corrected chi connectivity index (χ3v) is 4.28. The number of ether oxygens (including phenoxy) is 1.